The number of carbonyl (C=O) groups excluding carboxylic acids is 1. The normalized spacial score (nSPS) is 12.3. The zero-order valence-electron chi connectivity index (χ0n) is 13.4. The summed E-state index contributed by atoms with van der Waals surface area (Å²) in [6, 6.07) is 11.1. The molecule has 2 N–H and O–H groups in total. The Kier molecular flexibility index (Phi) is 4.98. The van der Waals surface area contributed by atoms with E-state index in [0.717, 1.165) is 11.3 Å². The van der Waals surface area contributed by atoms with Crippen LogP contribution in [0.4, 0.5) is 16.2 Å². The minimum Gasteiger partial charge on any atom is -0.486 e. The van der Waals surface area contributed by atoms with Crippen molar-refractivity contribution >= 4 is 17.4 Å². The van der Waals surface area contributed by atoms with E-state index in [2.05, 4.69) is 10.6 Å². The molecule has 1 aliphatic heterocycles. The van der Waals surface area contributed by atoms with Gasteiger partial charge in [-0.25, -0.2) is 4.79 Å². The number of rotatable bonds is 5. The predicted molar refractivity (Wildman–Crippen MR) is 91.3 cm³/mol. The van der Waals surface area contributed by atoms with Crippen molar-refractivity contribution in [1.82, 2.24) is 5.32 Å². The van der Waals surface area contributed by atoms with Gasteiger partial charge in [0.2, 0.25) is 0 Å². The summed E-state index contributed by atoms with van der Waals surface area (Å²) >= 11 is 0. The lowest BCUT2D eigenvalue weighted by molar-refractivity contribution is -0.383. The number of nitrogens with one attached hydrogen (secondary N) is 2. The number of hydrogen-bond acceptors (Lipinski definition) is 5. The highest BCUT2D eigenvalue weighted by Crippen LogP contribution is 2.30. The van der Waals surface area contributed by atoms with Crippen molar-refractivity contribution in [3.63, 3.8) is 0 Å². The van der Waals surface area contributed by atoms with E-state index in [4.69, 9.17) is 9.47 Å². The smallest absolute Gasteiger partial charge is 0.319 e. The summed E-state index contributed by atoms with van der Waals surface area (Å²) in [5.74, 6) is 1.42. The van der Waals surface area contributed by atoms with Crippen LogP contribution < -0.4 is 20.1 Å². The number of fused-ring (bicyclic) bond motifs is 1. The third kappa shape index (κ3) is 4.17. The largest absolute Gasteiger partial charge is 0.486 e. The fourth-order valence-electron chi connectivity index (χ4n) is 2.47. The highest BCUT2D eigenvalue weighted by Gasteiger charge is 2.15. The molecule has 0 spiro atoms. The molecule has 0 radical (unpaired) electrons. The van der Waals surface area contributed by atoms with Crippen LogP contribution in [0.25, 0.3) is 0 Å². The maximum absolute atomic E-state index is 11.9. The Morgan fingerprint density at radius 1 is 1.12 bits per heavy atom. The Hall–Kier alpha value is -3.29. The van der Waals surface area contributed by atoms with Crippen molar-refractivity contribution in [3.05, 3.63) is 58.1 Å². The first-order valence-corrected chi connectivity index (χ1v) is 7.80. The SMILES string of the molecule is O=C(NCCc1ccc2c(c1)OCCO2)Nc1ccccc1[N+](=O)[O-]. The molecule has 2 amide bonds. The third-order valence-electron chi connectivity index (χ3n) is 3.65. The van der Waals surface area contributed by atoms with Gasteiger partial charge in [-0.3, -0.25) is 10.1 Å². The first kappa shape index (κ1) is 16.6. The predicted octanol–water partition coefficient (Wildman–Crippen LogP) is 2.73. The number of urea groups is 1. The first-order chi connectivity index (χ1) is 12.1. The second-order valence-corrected chi connectivity index (χ2v) is 5.38. The van der Waals surface area contributed by atoms with Gasteiger partial charge in [-0.1, -0.05) is 18.2 Å². The van der Waals surface area contributed by atoms with E-state index in [1.54, 1.807) is 12.1 Å². The Balaban J connectivity index is 1.52. The lowest BCUT2D eigenvalue weighted by Crippen LogP contribution is -2.30. The van der Waals surface area contributed by atoms with Gasteiger partial charge in [0.05, 0.1) is 4.92 Å². The number of hydrogen-bond donors (Lipinski definition) is 2. The van der Waals surface area contributed by atoms with E-state index in [1.165, 1.54) is 12.1 Å². The number of benzene rings is 2. The molecule has 0 atom stereocenters. The Morgan fingerprint density at radius 2 is 1.88 bits per heavy atom. The second kappa shape index (κ2) is 7.52. The standard InChI is InChI=1S/C17H17N3O5/c21-17(19-13-3-1-2-4-14(13)20(22)23)18-8-7-12-5-6-15-16(11-12)25-10-9-24-15/h1-6,11H,7-10H2,(H2,18,19,21). The van der Waals surface area contributed by atoms with Crippen LogP contribution in [0.2, 0.25) is 0 Å². The van der Waals surface area contributed by atoms with Crippen LogP contribution in [-0.4, -0.2) is 30.7 Å². The third-order valence-corrected chi connectivity index (χ3v) is 3.65. The number of nitro groups is 1. The average molecular weight is 343 g/mol. The molecule has 8 heteroatoms. The van der Waals surface area contributed by atoms with Crippen LogP contribution in [0.5, 0.6) is 11.5 Å². The van der Waals surface area contributed by atoms with Crippen LogP contribution in [0.15, 0.2) is 42.5 Å². The molecule has 2 aromatic carbocycles. The molecular weight excluding hydrogens is 326 g/mol. The Bertz CT molecular complexity index is 794. The summed E-state index contributed by atoms with van der Waals surface area (Å²) in [4.78, 5) is 22.3. The number of para-hydroxylation sites is 2. The van der Waals surface area contributed by atoms with Gasteiger partial charge >= 0.3 is 6.03 Å². The molecule has 0 aliphatic carbocycles. The minimum absolute atomic E-state index is 0.149. The van der Waals surface area contributed by atoms with Crippen molar-refractivity contribution in [1.29, 1.82) is 0 Å². The average Bonchev–Trinajstić information content (AvgIpc) is 2.62. The maximum atomic E-state index is 11.9. The van der Waals surface area contributed by atoms with Gasteiger partial charge in [-0.2, -0.15) is 0 Å². The van der Waals surface area contributed by atoms with Gasteiger partial charge in [-0.05, 0) is 30.2 Å². The fraction of sp³-hybridized carbons (Fsp3) is 0.235. The summed E-state index contributed by atoms with van der Waals surface area (Å²) in [6.07, 6.45) is 0.598. The van der Waals surface area contributed by atoms with E-state index < -0.39 is 11.0 Å². The topological polar surface area (TPSA) is 103 Å². The Labute approximate surface area is 143 Å². The van der Waals surface area contributed by atoms with Crippen LogP contribution in [-0.2, 0) is 6.42 Å². The summed E-state index contributed by atoms with van der Waals surface area (Å²) in [6.45, 7) is 1.44. The molecule has 25 heavy (non-hydrogen) atoms. The van der Waals surface area contributed by atoms with E-state index >= 15 is 0 Å². The van der Waals surface area contributed by atoms with E-state index in [-0.39, 0.29) is 11.4 Å². The quantitative estimate of drug-likeness (QED) is 0.642. The van der Waals surface area contributed by atoms with E-state index in [1.807, 2.05) is 18.2 Å². The van der Waals surface area contributed by atoms with Gasteiger partial charge in [0.15, 0.2) is 11.5 Å². The lowest BCUT2D eigenvalue weighted by atomic mass is 10.1. The Morgan fingerprint density at radius 3 is 2.68 bits per heavy atom. The number of ether oxygens (including phenoxy) is 2. The van der Waals surface area contributed by atoms with Gasteiger partial charge in [0.25, 0.3) is 5.69 Å². The monoisotopic (exact) mass is 343 g/mol. The number of carbonyl (C=O) groups is 1. The molecular formula is C17H17N3O5. The molecule has 3 rings (SSSR count). The zero-order chi connectivity index (χ0) is 17.6. The molecule has 0 unspecified atom stereocenters. The number of nitro benzene ring substituents is 1. The number of nitrogens with zero attached hydrogens (tertiary/aromatic N) is 1. The molecule has 0 fully saturated rings. The zero-order valence-corrected chi connectivity index (χ0v) is 13.4. The minimum atomic E-state index is -0.537. The first-order valence-electron chi connectivity index (χ1n) is 7.80. The second-order valence-electron chi connectivity index (χ2n) is 5.38. The molecule has 2 aromatic rings. The molecule has 0 saturated heterocycles. The summed E-state index contributed by atoms with van der Waals surface area (Å²) in [5, 5.41) is 16.1. The molecule has 130 valence electrons. The number of anilines is 1. The van der Waals surface area contributed by atoms with E-state index in [0.29, 0.717) is 31.9 Å². The summed E-state index contributed by atoms with van der Waals surface area (Å²) in [5.41, 5.74) is 1.00. The lowest BCUT2D eigenvalue weighted by Gasteiger charge is -2.18. The van der Waals surface area contributed by atoms with Gasteiger partial charge in [0, 0.05) is 12.6 Å². The van der Waals surface area contributed by atoms with Crippen molar-refractivity contribution in [2.24, 2.45) is 0 Å². The maximum Gasteiger partial charge on any atom is 0.319 e. The fourth-order valence-corrected chi connectivity index (χ4v) is 2.47. The van der Waals surface area contributed by atoms with Gasteiger partial charge in [0.1, 0.15) is 18.9 Å². The van der Waals surface area contributed by atoms with Crippen LogP contribution in [0.1, 0.15) is 5.56 Å². The highest BCUT2D eigenvalue weighted by atomic mass is 16.6. The van der Waals surface area contributed by atoms with Crippen molar-refractivity contribution in [2.45, 2.75) is 6.42 Å². The van der Waals surface area contributed by atoms with E-state index in [9.17, 15) is 14.9 Å². The highest BCUT2D eigenvalue weighted by molar-refractivity contribution is 5.91. The number of amides is 2. The van der Waals surface area contributed by atoms with Crippen LogP contribution in [0.3, 0.4) is 0 Å². The summed E-state index contributed by atoms with van der Waals surface area (Å²) < 4.78 is 11.0. The van der Waals surface area contributed by atoms with Gasteiger partial charge < -0.3 is 20.1 Å². The van der Waals surface area contributed by atoms with Gasteiger partial charge in [-0.15, -0.1) is 0 Å². The van der Waals surface area contributed by atoms with Crippen LogP contribution in [0, 0.1) is 10.1 Å². The molecule has 0 aromatic heterocycles. The van der Waals surface area contributed by atoms with Crippen molar-refractivity contribution in [2.75, 3.05) is 25.1 Å². The van der Waals surface area contributed by atoms with Crippen molar-refractivity contribution in [3.8, 4) is 11.5 Å². The molecule has 1 aliphatic rings. The molecule has 0 saturated carbocycles. The molecule has 1 heterocycles. The molecule has 8 nitrogen and oxygen atoms in total. The summed E-state index contributed by atoms with van der Waals surface area (Å²) in [7, 11) is 0. The van der Waals surface area contributed by atoms with Crippen LogP contribution >= 0.6 is 0 Å². The van der Waals surface area contributed by atoms with Crippen molar-refractivity contribution < 1.29 is 19.2 Å². The molecule has 0 bridgehead atoms.